The molecule has 0 atom stereocenters. The number of fused-ring (bicyclic) bond motifs is 1. The first-order chi connectivity index (χ1) is 10.2. The van der Waals surface area contributed by atoms with E-state index < -0.39 is 0 Å². The van der Waals surface area contributed by atoms with Gasteiger partial charge in [0.15, 0.2) is 11.5 Å². The molecule has 2 aromatic carbocycles. The average Bonchev–Trinajstić information content (AvgIpc) is 2.71. The van der Waals surface area contributed by atoms with Gasteiger partial charge in [-0.05, 0) is 42.3 Å². The van der Waals surface area contributed by atoms with Gasteiger partial charge in [-0.25, -0.2) is 4.39 Å². The molecule has 0 fully saturated rings. The molecule has 1 N–H and O–H groups in total. The zero-order valence-electron chi connectivity index (χ0n) is 12.0. The van der Waals surface area contributed by atoms with Gasteiger partial charge >= 0.3 is 0 Å². The summed E-state index contributed by atoms with van der Waals surface area (Å²) < 4.78 is 24.4. The number of benzene rings is 2. The van der Waals surface area contributed by atoms with Gasteiger partial charge < -0.3 is 14.8 Å². The molecule has 3 nitrogen and oxygen atoms in total. The van der Waals surface area contributed by atoms with Crippen LogP contribution in [0.15, 0.2) is 36.4 Å². The van der Waals surface area contributed by atoms with Crippen LogP contribution in [0.1, 0.15) is 17.5 Å². The third-order valence-electron chi connectivity index (χ3n) is 3.54. The van der Waals surface area contributed by atoms with Gasteiger partial charge in [0.1, 0.15) is 5.82 Å². The first-order valence-electron chi connectivity index (χ1n) is 7.11. The summed E-state index contributed by atoms with van der Waals surface area (Å²) in [4.78, 5) is 0. The Hall–Kier alpha value is -2.23. The fourth-order valence-corrected chi connectivity index (χ4v) is 2.33. The second-order valence-electron chi connectivity index (χ2n) is 5.14. The maximum atomic E-state index is 13.1. The molecule has 0 saturated carbocycles. The summed E-state index contributed by atoms with van der Waals surface area (Å²) in [7, 11) is 0. The lowest BCUT2D eigenvalue weighted by molar-refractivity contribution is 0.297. The van der Waals surface area contributed by atoms with Crippen molar-refractivity contribution in [1.29, 1.82) is 0 Å². The molecule has 4 heteroatoms. The van der Waals surface area contributed by atoms with E-state index in [1.54, 1.807) is 12.1 Å². The Bertz CT molecular complexity index is 643. The topological polar surface area (TPSA) is 30.5 Å². The average molecular weight is 287 g/mol. The standard InChI is InChI=1S/C17H18FNO2/c1-12-9-14(18)4-3-13(12)11-19-15-5-6-16-17(10-15)21-8-2-7-20-16/h3-6,9-10,19H,2,7-8,11H2,1H3. The number of ether oxygens (including phenoxy) is 2. The molecule has 1 aliphatic rings. The van der Waals surface area contributed by atoms with Crippen LogP contribution in [0.2, 0.25) is 0 Å². The molecular weight excluding hydrogens is 269 g/mol. The van der Waals surface area contributed by atoms with Crippen LogP contribution in [0.25, 0.3) is 0 Å². The normalized spacial score (nSPS) is 13.6. The number of anilines is 1. The van der Waals surface area contributed by atoms with Crippen LogP contribution in [0, 0.1) is 12.7 Å². The number of rotatable bonds is 3. The van der Waals surface area contributed by atoms with Gasteiger partial charge in [-0.15, -0.1) is 0 Å². The van der Waals surface area contributed by atoms with Crippen LogP contribution in [0.5, 0.6) is 11.5 Å². The molecule has 3 rings (SSSR count). The minimum absolute atomic E-state index is 0.202. The van der Waals surface area contributed by atoms with Crippen molar-refractivity contribution in [3.8, 4) is 11.5 Å². The highest BCUT2D eigenvalue weighted by molar-refractivity contribution is 5.55. The van der Waals surface area contributed by atoms with Crippen molar-refractivity contribution in [2.24, 2.45) is 0 Å². The summed E-state index contributed by atoms with van der Waals surface area (Å²) in [6.45, 7) is 3.92. The van der Waals surface area contributed by atoms with E-state index in [2.05, 4.69) is 5.32 Å². The lowest BCUT2D eigenvalue weighted by atomic mass is 10.1. The van der Waals surface area contributed by atoms with E-state index in [-0.39, 0.29) is 5.82 Å². The summed E-state index contributed by atoms with van der Waals surface area (Å²) in [5.41, 5.74) is 2.98. The van der Waals surface area contributed by atoms with E-state index >= 15 is 0 Å². The lowest BCUT2D eigenvalue weighted by Gasteiger charge is -2.12. The molecule has 0 aromatic heterocycles. The highest BCUT2D eigenvalue weighted by Gasteiger charge is 2.10. The van der Waals surface area contributed by atoms with Crippen LogP contribution >= 0.6 is 0 Å². The Balaban J connectivity index is 1.72. The quantitative estimate of drug-likeness (QED) is 0.928. The summed E-state index contributed by atoms with van der Waals surface area (Å²) in [6, 6.07) is 10.7. The molecule has 110 valence electrons. The number of hydrogen-bond acceptors (Lipinski definition) is 3. The highest BCUT2D eigenvalue weighted by atomic mass is 19.1. The van der Waals surface area contributed by atoms with Crippen LogP contribution in [-0.4, -0.2) is 13.2 Å². The molecule has 0 spiro atoms. The fourth-order valence-electron chi connectivity index (χ4n) is 2.33. The number of nitrogens with one attached hydrogen (secondary N) is 1. The SMILES string of the molecule is Cc1cc(F)ccc1CNc1ccc2c(c1)OCCCO2. The summed E-state index contributed by atoms with van der Waals surface area (Å²) >= 11 is 0. The van der Waals surface area contributed by atoms with Crippen LogP contribution in [0.4, 0.5) is 10.1 Å². The first-order valence-corrected chi connectivity index (χ1v) is 7.11. The molecule has 1 aliphatic heterocycles. The maximum Gasteiger partial charge on any atom is 0.163 e. The van der Waals surface area contributed by atoms with Crippen LogP contribution < -0.4 is 14.8 Å². The van der Waals surface area contributed by atoms with Gasteiger partial charge in [-0.3, -0.25) is 0 Å². The molecule has 2 aromatic rings. The molecule has 0 bridgehead atoms. The minimum atomic E-state index is -0.202. The van der Waals surface area contributed by atoms with Gasteiger partial charge in [-0.2, -0.15) is 0 Å². The molecule has 0 radical (unpaired) electrons. The van der Waals surface area contributed by atoms with Gasteiger partial charge in [0.2, 0.25) is 0 Å². The van der Waals surface area contributed by atoms with Crippen molar-refractivity contribution in [2.75, 3.05) is 18.5 Å². The van der Waals surface area contributed by atoms with Gasteiger partial charge in [0.05, 0.1) is 13.2 Å². The zero-order valence-corrected chi connectivity index (χ0v) is 12.0. The van der Waals surface area contributed by atoms with Crippen molar-refractivity contribution >= 4 is 5.69 Å². The Kier molecular flexibility index (Phi) is 3.95. The van der Waals surface area contributed by atoms with Crippen molar-refractivity contribution in [3.63, 3.8) is 0 Å². The molecule has 0 unspecified atom stereocenters. The predicted octanol–water partition coefficient (Wildman–Crippen LogP) is 3.91. The minimum Gasteiger partial charge on any atom is -0.490 e. The molecule has 0 saturated heterocycles. The monoisotopic (exact) mass is 287 g/mol. The third-order valence-corrected chi connectivity index (χ3v) is 3.54. The highest BCUT2D eigenvalue weighted by Crippen LogP contribution is 2.32. The number of aryl methyl sites for hydroxylation is 1. The molecule has 0 aliphatic carbocycles. The smallest absolute Gasteiger partial charge is 0.163 e. The Labute approximate surface area is 123 Å². The first kappa shape index (κ1) is 13.7. The summed E-state index contributed by atoms with van der Waals surface area (Å²) in [5.74, 6) is 1.36. The third kappa shape index (κ3) is 3.27. The van der Waals surface area contributed by atoms with Crippen molar-refractivity contribution in [1.82, 2.24) is 0 Å². The van der Waals surface area contributed by atoms with Crippen molar-refractivity contribution < 1.29 is 13.9 Å². The zero-order chi connectivity index (χ0) is 14.7. The Morgan fingerprint density at radius 3 is 2.67 bits per heavy atom. The Morgan fingerprint density at radius 2 is 1.86 bits per heavy atom. The fraction of sp³-hybridized carbons (Fsp3) is 0.294. The van der Waals surface area contributed by atoms with Crippen LogP contribution in [-0.2, 0) is 6.54 Å². The van der Waals surface area contributed by atoms with E-state index in [9.17, 15) is 4.39 Å². The number of halogens is 1. The second-order valence-corrected chi connectivity index (χ2v) is 5.14. The summed E-state index contributed by atoms with van der Waals surface area (Å²) in [6.07, 6.45) is 0.895. The summed E-state index contributed by atoms with van der Waals surface area (Å²) in [5, 5.41) is 3.33. The van der Waals surface area contributed by atoms with Gasteiger partial charge in [0.25, 0.3) is 0 Å². The molecule has 0 amide bonds. The van der Waals surface area contributed by atoms with Crippen molar-refractivity contribution in [2.45, 2.75) is 19.9 Å². The predicted molar refractivity (Wildman–Crippen MR) is 80.5 cm³/mol. The Morgan fingerprint density at radius 1 is 1.05 bits per heavy atom. The molecule has 1 heterocycles. The maximum absolute atomic E-state index is 13.1. The largest absolute Gasteiger partial charge is 0.490 e. The second kappa shape index (κ2) is 6.04. The van der Waals surface area contributed by atoms with E-state index in [0.29, 0.717) is 19.8 Å². The lowest BCUT2D eigenvalue weighted by Crippen LogP contribution is -2.02. The van der Waals surface area contributed by atoms with E-state index in [0.717, 1.165) is 34.7 Å². The molecular formula is C17H18FNO2. The van der Waals surface area contributed by atoms with E-state index in [4.69, 9.17) is 9.47 Å². The van der Waals surface area contributed by atoms with Gasteiger partial charge in [-0.1, -0.05) is 6.07 Å². The van der Waals surface area contributed by atoms with Crippen molar-refractivity contribution in [3.05, 3.63) is 53.3 Å². The van der Waals surface area contributed by atoms with E-state index in [1.807, 2.05) is 25.1 Å². The van der Waals surface area contributed by atoms with Gasteiger partial charge in [0, 0.05) is 24.7 Å². The molecule has 21 heavy (non-hydrogen) atoms. The van der Waals surface area contributed by atoms with Crippen LogP contribution in [0.3, 0.4) is 0 Å². The number of hydrogen-bond donors (Lipinski definition) is 1. The van der Waals surface area contributed by atoms with E-state index in [1.165, 1.54) is 6.07 Å².